The first kappa shape index (κ1) is 18.3. The minimum absolute atomic E-state index is 0.149. The van der Waals surface area contributed by atoms with Gasteiger partial charge in [-0.1, -0.05) is 30.3 Å². The van der Waals surface area contributed by atoms with Crippen LogP contribution in [0.2, 0.25) is 12.6 Å². The van der Waals surface area contributed by atoms with E-state index in [0.29, 0.717) is 13.2 Å². The van der Waals surface area contributed by atoms with Gasteiger partial charge in [0.05, 0.1) is 6.10 Å². The summed E-state index contributed by atoms with van der Waals surface area (Å²) in [5.74, 6) is 0. The Hall–Kier alpha value is -0.723. The van der Waals surface area contributed by atoms with Gasteiger partial charge in [-0.05, 0) is 38.4 Å². The SMILES string of the molecule is CCO[Si](C)(CCc1ccccc1)OC(C)CNCCN. The van der Waals surface area contributed by atoms with Crippen LogP contribution in [0.4, 0.5) is 0 Å². The number of rotatable bonds is 11. The summed E-state index contributed by atoms with van der Waals surface area (Å²) in [4.78, 5) is 0. The van der Waals surface area contributed by atoms with E-state index in [1.807, 2.05) is 13.0 Å². The highest BCUT2D eigenvalue weighted by molar-refractivity contribution is 6.66. The normalized spacial score (nSPS) is 15.6. The average Bonchev–Trinajstić information content (AvgIpc) is 2.47. The highest BCUT2D eigenvalue weighted by atomic mass is 28.4. The van der Waals surface area contributed by atoms with Gasteiger partial charge in [-0.3, -0.25) is 0 Å². The predicted molar refractivity (Wildman–Crippen MR) is 90.7 cm³/mol. The van der Waals surface area contributed by atoms with Crippen LogP contribution in [-0.2, 0) is 15.3 Å². The minimum atomic E-state index is -2.13. The summed E-state index contributed by atoms with van der Waals surface area (Å²) in [6, 6.07) is 11.5. The molecule has 0 aliphatic heterocycles. The number of hydrogen-bond donors (Lipinski definition) is 2. The lowest BCUT2D eigenvalue weighted by Gasteiger charge is -2.30. The number of hydrogen-bond acceptors (Lipinski definition) is 4. The van der Waals surface area contributed by atoms with Crippen molar-refractivity contribution in [2.24, 2.45) is 5.73 Å². The van der Waals surface area contributed by atoms with Crippen LogP contribution in [0.25, 0.3) is 0 Å². The van der Waals surface area contributed by atoms with Crippen LogP contribution in [0.3, 0.4) is 0 Å². The molecule has 0 spiro atoms. The van der Waals surface area contributed by atoms with Crippen molar-refractivity contribution in [2.75, 3.05) is 26.2 Å². The maximum Gasteiger partial charge on any atom is 0.335 e. The second-order valence-corrected chi connectivity index (χ2v) is 8.77. The molecular formula is C16H30N2O2Si. The van der Waals surface area contributed by atoms with E-state index in [4.69, 9.17) is 14.6 Å². The molecule has 0 fully saturated rings. The van der Waals surface area contributed by atoms with Gasteiger partial charge < -0.3 is 19.9 Å². The number of aryl methyl sites for hydroxylation is 1. The molecule has 0 heterocycles. The fourth-order valence-electron chi connectivity index (χ4n) is 2.36. The van der Waals surface area contributed by atoms with Crippen molar-refractivity contribution in [3.8, 4) is 0 Å². The summed E-state index contributed by atoms with van der Waals surface area (Å²) in [6.45, 7) is 9.30. The van der Waals surface area contributed by atoms with Gasteiger partial charge in [-0.2, -0.15) is 0 Å². The molecule has 1 aromatic carbocycles. The molecule has 0 aromatic heterocycles. The summed E-state index contributed by atoms with van der Waals surface area (Å²) in [5, 5.41) is 3.29. The van der Waals surface area contributed by atoms with Gasteiger partial charge in [-0.25, -0.2) is 0 Å². The highest BCUT2D eigenvalue weighted by Gasteiger charge is 2.32. The molecule has 4 nitrogen and oxygen atoms in total. The van der Waals surface area contributed by atoms with Crippen molar-refractivity contribution in [1.82, 2.24) is 5.32 Å². The van der Waals surface area contributed by atoms with Crippen LogP contribution in [0.5, 0.6) is 0 Å². The first-order chi connectivity index (χ1) is 10.1. The molecule has 3 N–H and O–H groups in total. The van der Waals surface area contributed by atoms with Crippen LogP contribution in [0, 0.1) is 0 Å². The second kappa shape index (κ2) is 10.1. The Morgan fingerprint density at radius 2 is 2.00 bits per heavy atom. The summed E-state index contributed by atoms with van der Waals surface area (Å²) >= 11 is 0. The molecule has 1 aromatic rings. The van der Waals surface area contributed by atoms with E-state index in [0.717, 1.165) is 25.6 Å². The van der Waals surface area contributed by atoms with E-state index >= 15 is 0 Å². The standard InChI is InChI=1S/C16H30N2O2Si/c1-4-19-21(3,20-15(2)14-18-12-11-17)13-10-16-8-6-5-7-9-16/h5-9,15,18H,4,10-14,17H2,1-3H3. The first-order valence-electron chi connectivity index (χ1n) is 7.86. The summed E-state index contributed by atoms with van der Waals surface area (Å²) in [6.07, 6.45) is 1.16. The zero-order valence-electron chi connectivity index (χ0n) is 13.6. The molecule has 0 saturated heterocycles. The molecule has 2 atom stereocenters. The molecule has 21 heavy (non-hydrogen) atoms. The summed E-state index contributed by atoms with van der Waals surface area (Å²) < 4.78 is 12.3. The Labute approximate surface area is 130 Å². The van der Waals surface area contributed by atoms with Crippen molar-refractivity contribution >= 4 is 8.56 Å². The lowest BCUT2D eigenvalue weighted by Crippen LogP contribution is -2.44. The third-order valence-corrected chi connectivity index (χ3v) is 6.32. The van der Waals surface area contributed by atoms with Gasteiger partial charge in [0, 0.05) is 26.2 Å². The third kappa shape index (κ3) is 7.73. The summed E-state index contributed by atoms with van der Waals surface area (Å²) in [5.41, 5.74) is 6.82. The van der Waals surface area contributed by atoms with E-state index in [-0.39, 0.29) is 6.10 Å². The quantitative estimate of drug-likeness (QED) is 0.486. The number of nitrogens with one attached hydrogen (secondary N) is 1. The Morgan fingerprint density at radius 3 is 2.62 bits per heavy atom. The van der Waals surface area contributed by atoms with Crippen LogP contribution in [0.15, 0.2) is 30.3 Å². The monoisotopic (exact) mass is 310 g/mol. The maximum atomic E-state index is 6.26. The predicted octanol–water partition coefficient (Wildman–Crippen LogP) is 2.29. The molecule has 0 bridgehead atoms. The fraction of sp³-hybridized carbons (Fsp3) is 0.625. The van der Waals surface area contributed by atoms with Crippen LogP contribution in [0.1, 0.15) is 19.4 Å². The minimum Gasteiger partial charge on any atom is -0.395 e. The van der Waals surface area contributed by atoms with Gasteiger partial charge >= 0.3 is 8.56 Å². The van der Waals surface area contributed by atoms with Gasteiger partial charge in [0.2, 0.25) is 0 Å². The zero-order valence-corrected chi connectivity index (χ0v) is 14.6. The van der Waals surface area contributed by atoms with Crippen molar-refractivity contribution in [3.63, 3.8) is 0 Å². The second-order valence-electron chi connectivity index (χ2n) is 5.47. The summed E-state index contributed by atoms with van der Waals surface area (Å²) in [7, 11) is -2.13. The smallest absolute Gasteiger partial charge is 0.335 e. The molecule has 0 aliphatic carbocycles. The molecule has 0 aliphatic rings. The van der Waals surface area contributed by atoms with Crippen LogP contribution >= 0.6 is 0 Å². The molecule has 1 rings (SSSR count). The van der Waals surface area contributed by atoms with Gasteiger partial charge in [0.15, 0.2) is 0 Å². The molecular weight excluding hydrogens is 280 g/mol. The molecule has 0 amide bonds. The van der Waals surface area contributed by atoms with Crippen molar-refractivity contribution in [2.45, 2.75) is 39.0 Å². The van der Waals surface area contributed by atoms with E-state index in [2.05, 4.69) is 43.1 Å². The molecule has 5 heteroatoms. The zero-order chi connectivity index (χ0) is 15.6. The van der Waals surface area contributed by atoms with Gasteiger partial charge in [0.25, 0.3) is 0 Å². The lowest BCUT2D eigenvalue weighted by molar-refractivity contribution is 0.129. The largest absolute Gasteiger partial charge is 0.395 e. The van der Waals surface area contributed by atoms with Gasteiger partial charge in [-0.15, -0.1) is 0 Å². The molecule has 2 unspecified atom stereocenters. The topological polar surface area (TPSA) is 56.5 Å². The third-order valence-electron chi connectivity index (χ3n) is 3.36. The molecule has 0 saturated carbocycles. The van der Waals surface area contributed by atoms with E-state index in [9.17, 15) is 0 Å². The molecule has 0 radical (unpaired) electrons. The fourth-order valence-corrected chi connectivity index (χ4v) is 4.98. The van der Waals surface area contributed by atoms with Crippen LogP contribution in [-0.4, -0.2) is 40.9 Å². The van der Waals surface area contributed by atoms with E-state index in [1.165, 1.54) is 5.56 Å². The number of nitrogens with two attached hydrogens (primary N) is 1. The Balaban J connectivity index is 2.48. The highest BCUT2D eigenvalue weighted by Crippen LogP contribution is 2.19. The van der Waals surface area contributed by atoms with E-state index in [1.54, 1.807) is 0 Å². The number of benzene rings is 1. The average molecular weight is 311 g/mol. The lowest BCUT2D eigenvalue weighted by atomic mass is 10.2. The van der Waals surface area contributed by atoms with Crippen molar-refractivity contribution < 1.29 is 8.85 Å². The molecule has 120 valence electrons. The van der Waals surface area contributed by atoms with Crippen molar-refractivity contribution in [3.05, 3.63) is 35.9 Å². The van der Waals surface area contributed by atoms with Crippen molar-refractivity contribution in [1.29, 1.82) is 0 Å². The Bertz CT molecular complexity index is 378. The van der Waals surface area contributed by atoms with E-state index < -0.39 is 8.56 Å². The Kier molecular flexibility index (Phi) is 8.80. The maximum absolute atomic E-state index is 6.26. The first-order valence-corrected chi connectivity index (χ1v) is 10.4. The Morgan fingerprint density at radius 1 is 1.29 bits per heavy atom. The van der Waals surface area contributed by atoms with Gasteiger partial charge in [0.1, 0.15) is 0 Å². The van der Waals surface area contributed by atoms with Crippen LogP contribution < -0.4 is 11.1 Å².